The summed E-state index contributed by atoms with van der Waals surface area (Å²) >= 11 is 0. The van der Waals surface area contributed by atoms with E-state index in [0.29, 0.717) is 10.8 Å². The minimum Gasteiger partial charge on any atom is -0.461 e. The largest absolute Gasteiger partial charge is 0.461 e. The van der Waals surface area contributed by atoms with Crippen LogP contribution in [0.25, 0.3) is 0 Å². The summed E-state index contributed by atoms with van der Waals surface area (Å²) in [5, 5.41) is -3.80. The third-order valence-electron chi connectivity index (χ3n) is 4.41. The minimum absolute atomic E-state index is 0.0777. The zero-order valence-electron chi connectivity index (χ0n) is 16.1. The SMILES string of the molecule is CCOC(=O)S(CCOC(C)C)(SC)(C(C)=O)(C(=O)CC)C(=O)OC. The monoisotopic (exact) mass is 398 g/mol. The lowest BCUT2D eigenvalue weighted by atomic mass is 10.5. The summed E-state index contributed by atoms with van der Waals surface area (Å²) in [6.45, 7) is 7.50. The van der Waals surface area contributed by atoms with Crippen molar-refractivity contribution in [1.29, 1.82) is 0 Å². The molecule has 0 spiro atoms. The van der Waals surface area contributed by atoms with Crippen molar-refractivity contribution >= 4 is 39.0 Å². The molecule has 0 fully saturated rings. The maximum atomic E-state index is 13.3. The van der Waals surface area contributed by atoms with Crippen molar-refractivity contribution in [3.63, 3.8) is 0 Å². The topological polar surface area (TPSA) is 96.0 Å². The Morgan fingerprint density at radius 1 is 1.08 bits per heavy atom. The standard InChI is InChI=1S/C16H30O7S2/c1-8-14(18)25(24-7,13(5)17,15(19)21-6,16(20)22-9-2)11-10-23-12(3)4/h12H,8-11H2,1-7H3. The molecule has 0 unspecified atom stereocenters. The van der Waals surface area contributed by atoms with Crippen molar-refractivity contribution in [1.82, 2.24) is 0 Å². The molecule has 0 rings (SSSR count). The van der Waals surface area contributed by atoms with Crippen LogP contribution in [0.2, 0.25) is 0 Å². The summed E-state index contributed by atoms with van der Waals surface area (Å²) < 4.78 is 15.6. The predicted octanol–water partition coefficient (Wildman–Crippen LogP) is 3.97. The number of carbonyl (C=O) groups excluding carboxylic acids is 4. The van der Waals surface area contributed by atoms with Gasteiger partial charge in [0.05, 0.1) is 26.4 Å². The smallest absolute Gasteiger partial charge is 0.365 e. The number of hydrogen-bond donors (Lipinski definition) is 0. The molecule has 0 bridgehead atoms. The van der Waals surface area contributed by atoms with Crippen LogP contribution in [-0.4, -0.2) is 59.3 Å². The number of methoxy groups -OCH3 is 1. The van der Waals surface area contributed by atoms with Crippen LogP contribution in [0.5, 0.6) is 0 Å². The van der Waals surface area contributed by atoms with Crippen LogP contribution in [0, 0.1) is 0 Å². The molecule has 0 N–H and O–H groups in total. The van der Waals surface area contributed by atoms with Gasteiger partial charge in [0.2, 0.25) is 0 Å². The highest BCUT2D eigenvalue weighted by Crippen LogP contribution is 2.99. The molecule has 0 aliphatic rings. The van der Waals surface area contributed by atoms with Gasteiger partial charge in [-0.1, -0.05) is 17.7 Å². The number of hydrogen-bond acceptors (Lipinski definition) is 8. The van der Waals surface area contributed by atoms with Crippen molar-refractivity contribution in [2.45, 2.75) is 47.1 Å². The third-order valence-corrected chi connectivity index (χ3v) is 16.8. The van der Waals surface area contributed by atoms with Gasteiger partial charge in [-0.15, -0.1) is 0 Å². The molecule has 0 amide bonds. The summed E-state index contributed by atoms with van der Waals surface area (Å²) in [6, 6.07) is 0. The van der Waals surface area contributed by atoms with Gasteiger partial charge in [-0.3, -0.25) is 9.59 Å². The Balaban J connectivity index is 7.15. The number of ether oxygens (including phenoxy) is 3. The molecular weight excluding hydrogens is 368 g/mol. The van der Waals surface area contributed by atoms with Crippen LogP contribution in [0.1, 0.15) is 41.0 Å². The van der Waals surface area contributed by atoms with E-state index in [9.17, 15) is 19.2 Å². The van der Waals surface area contributed by atoms with E-state index in [-0.39, 0.29) is 31.5 Å². The minimum atomic E-state index is -5.53. The molecule has 0 radical (unpaired) electrons. The summed E-state index contributed by atoms with van der Waals surface area (Å²) in [5.41, 5.74) is 0. The highest BCUT2D eigenvalue weighted by molar-refractivity contribution is 9.34. The second-order valence-corrected chi connectivity index (χ2v) is 15.2. The zero-order valence-corrected chi connectivity index (χ0v) is 17.7. The van der Waals surface area contributed by atoms with Gasteiger partial charge >= 0.3 is 10.6 Å². The van der Waals surface area contributed by atoms with E-state index in [4.69, 9.17) is 14.2 Å². The van der Waals surface area contributed by atoms with Gasteiger partial charge in [0, 0.05) is 26.4 Å². The van der Waals surface area contributed by atoms with E-state index in [2.05, 4.69) is 0 Å². The second kappa shape index (κ2) is 8.09. The molecule has 9 heteroatoms. The van der Waals surface area contributed by atoms with Crippen molar-refractivity contribution in [3.05, 3.63) is 0 Å². The molecule has 7 nitrogen and oxygen atoms in total. The fourth-order valence-electron chi connectivity index (χ4n) is 2.85. The van der Waals surface area contributed by atoms with Crippen molar-refractivity contribution in [2.75, 3.05) is 32.3 Å². The Hall–Kier alpha value is -1.06. The van der Waals surface area contributed by atoms with Crippen LogP contribution in [0.4, 0.5) is 9.59 Å². The first kappa shape index (κ1) is 23.9. The molecule has 0 saturated heterocycles. The lowest BCUT2D eigenvalue weighted by Gasteiger charge is -2.66. The first-order valence-corrected chi connectivity index (χ1v) is 12.4. The third kappa shape index (κ3) is 2.80. The van der Waals surface area contributed by atoms with E-state index in [0.717, 1.165) is 14.0 Å². The van der Waals surface area contributed by atoms with Crippen LogP contribution in [0.3, 0.4) is 0 Å². The average molecular weight is 399 g/mol. The van der Waals surface area contributed by atoms with Crippen LogP contribution >= 0.6 is 18.1 Å². The molecule has 0 aliphatic heterocycles. The lowest BCUT2D eigenvalue weighted by Crippen LogP contribution is -2.60. The van der Waals surface area contributed by atoms with Gasteiger partial charge in [-0.05, 0) is 27.0 Å². The fourth-order valence-corrected chi connectivity index (χ4v) is 11.5. The van der Waals surface area contributed by atoms with Gasteiger partial charge < -0.3 is 14.2 Å². The van der Waals surface area contributed by atoms with Crippen LogP contribution in [0.15, 0.2) is 0 Å². The molecule has 0 aromatic carbocycles. The van der Waals surface area contributed by atoms with E-state index < -0.39 is 28.2 Å². The van der Waals surface area contributed by atoms with E-state index in [1.54, 1.807) is 20.8 Å². The molecule has 0 aromatic heterocycles. The Labute approximate surface area is 152 Å². The average Bonchev–Trinajstić information content (AvgIpc) is 2.58. The summed E-state index contributed by atoms with van der Waals surface area (Å²) in [6.07, 6.45) is 1.03. The Morgan fingerprint density at radius 2 is 1.64 bits per heavy atom. The maximum Gasteiger partial charge on any atom is 0.365 e. The molecule has 25 heavy (non-hydrogen) atoms. The maximum absolute atomic E-state index is 13.3. The van der Waals surface area contributed by atoms with Gasteiger partial charge in [0.15, 0.2) is 10.2 Å². The zero-order chi connectivity index (χ0) is 20.0. The highest BCUT2D eigenvalue weighted by atomic mass is 33.2. The fraction of sp³-hybridized carbons (Fsp3) is 0.750. The van der Waals surface area contributed by atoms with E-state index in [1.165, 1.54) is 13.2 Å². The molecular formula is C16H30O7S2. The van der Waals surface area contributed by atoms with Crippen molar-refractivity contribution < 1.29 is 33.4 Å². The molecule has 0 atom stereocenters. The quantitative estimate of drug-likeness (QED) is 0.469. The van der Waals surface area contributed by atoms with E-state index >= 15 is 0 Å². The highest BCUT2D eigenvalue weighted by Gasteiger charge is 2.83. The van der Waals surface area contributed by atoms with Gasteiger partial charge in [-0.2, -0.15) is 0 Å². The predicted molar refractivity (Wildman–Crippen MR) is 102 cm³/mol. The second-order valence-electron chi connectivity index (χ2n) is 5.79. The Bertz CT molecular complexity index is 555. The normalized spacial score (nSPS) is 14.4. The van der Waals surface area contributed by atoms with Crippen molar-refractivity contribution in [2.24, 2.45) is 0 Å². The summed E-state index contributed by atoms with van der Waals surface area (Å²) in [4.78, 5) is 52.8. The van der Waals surface area contributed by atoms with Crippen LogP contribution < -0.4 is 0 Å². The molecule has 0 heterocycles. The van der Waals surface area contributed by atoms with Gasteiger partial charge in [0.25, 0.3) is 0 Å². The summed E-state index contributed by atoms with van der Waals surface area (Å²) in [5.74, 6) is -0.382. The van der Waals surface area contributed by atoms with Crippen molar-refractivity contribution in [3.8, 4) is 0 Å². The first-order chi connectivity index (χ1) is 11.5. The molecule has 0 aliphatic carbocycles. The number of rotatable bonds is 7. The Kier molecular flexibility index (Phi) is 7.75. The van der Waals surface area contributed by atoms with Gasteiger partial charge in [0.1, 0.15) is 0 Å². The lowest BCUT2D eigenvalue weighted by molar-refractivity contribution is -0.113. The molecule has 0 aromatic rings. The molecule has 148 valence electrons. The molecule has 0 saturated carbocycles. The first-order valence-electron chi connectivity index (χ1n) is 8.05. The van der Waals surface area contributed by atoms with Gasteiger partial charge in [-0.25, -0.2) is 9.59 Å². The summed E-state index contributed by atoms with van der Waals surface area (Å²) in [7, 11) is -3.79. The Morgan fingerprint density at radius 3 is 1.96 bits per heavy atom. The number of carbonyl (C=O) groups is 4. The van der Waals surface area contributed by atoms with Crippen LogP contribution in [-0.2, 0) is 23.8 Å². The van der Waals surface area contributed by atoms with E-state index in [1.807, 2.05) is 0 Å².